The summed E-state index contributed by atoms with van der Waals surface area (Å²) < 4.78 is 0. The second-order valence-electron chi connectivity index (χ2n) is 5.03. The number of carboxylic acids is 1. The van der Waals surface area contributed by atoms with Gasteiger partial charge in [0, 0.05) is 19.9 Å². The Bertz CT molecular complexity index is 224. The quantitative estimate of drug-likeness (QED) is 0.540. The van der Waals surface area contributed by atoms with E-state index in [0.29, 0.717) is 13.0 Å². The number of amides is 1. The van der Waals surface area contributed by atoms with Gasteiger partial charge in [0.1, 0.15) is 0 Å². The highest BCUT2D eigenvalue weighted by Gasteiger charge is 1.96. The van der Waals surface area contributed by atoms with Gasteiger partial charge in [-0.3, -0.25) is 9.59 Å². The number of hydrogen-bond donors (Lipinski definition) is 3. The van der Waals surface area contributed by atoms with Crippen LogP contribution in [0, 0.1) is 0 Å². The van der Waals surface area contributed by atoms with Gasteiger partial charge in [0.15, 0.2) is 0 Å². The number of nitrogens with one attached hydrogen (secondary N) is 1. The number of aliphatic hydroxyl groups is 1. The average molecular weight is 289 g/mol. The Labute approximate surface area is 122 Å². The van der Waals surface area contributed by atoms with E-state index in [0.717, 1.165) is 19.3 Å². The number of carbonyl (C=O) groups is 2. The molecule has 0 spiro atoms. The number of aliphatic hydroxyl groups excluding tert-OH is 1. The van der Waals surface area contributed by atoms with Gasteiger partial charge in [-0.2, -0.15) is 0 Å². The Morgan fingerprint density at radius 1 is 1.10 bits per heavy atom. The molecule has 5 nitrogen and oxygen atoms in total. The molecule has 0 heterocycles. The maximum Gasteiger partial charge on any atom is 0.303 e. The van der Waals surface area contributed by atoms with Crippen molar-refractivity contribution in [3.63, 3.8) is 0 Å². The van der Waals surface area contributed by atoms with Crippen LogP contribution in [-0.2, 0) is 9.59 Å². The van der Waals surface area contributed by atoms with Crippen LogP contribution in [0.4, 0.5) is 0 Å². The highest BCUT2D eigenvalue weighted by Crippen LogP contribution is 2.01. The third-order valence-electron chi connectivity index (χ3n) is 2.67. The molecule has 5 heteroatoms. The normalized spacial score (nSPS) is 11.2. The Hall–Kier alpha value is -1.10. The summed E-state index contributed by atoms with van der Waals surface area (Å²) in [6.07, 6.45) is 7.16. The van der Waals surface area contributed by atoms with Crippen molar-refractivity contribution in [2.45, 2.75) is 78.2 Å². The average Bonchev–Trinajstić information content (AvgIpc) is 2.33. The zero-order valence-electron chi connectivity index (χ0n) is 13.2. The smallest absolute Gasteiger partial charge is 0.303 e. The van der Waals surface area contributed by atoms with Crippen molar-refractivity contribution in [3.05, 3.63) is 0 Å². The topological polar surface area (TPSA) is 86.6 Å². The fourth-order valence-corrected chi connectivity index (χ4v) is 1.53. The van der Waals surface area contributed by atoms with Gasteiger partial charge >= 0.3 is 5.97 Å². The molecule has 3 N–H and O–H groups in total. The van der Waals surface area contributed by atoms with E-state index in [-0.39, 0.29) is 18.4 Å². The van der Waals surface area contributed by atoms with E-state index < -0.39 is 5.97 Å². The summed E-state index contributed by atoms with van der Waals surface area (Å²) in [6, 6.07) is 0. The number of aliphatic carboxylic acids is 1. The molecule has 0 aromatic rings. The third kappa shape index (κ3) is 25.7. The van der Waals surface area contributed by atoms with E-state index >= 15 is 0 Å². The molecular weight excluding hydrogens is 258 g/mol. The monoisotopic (exact) mass is 289 g/mol. The first-order chi connectivity index (χ1) is 9.40. The molecule has 120 valence electrons. The van der Waals surface area contributed by atoms with Crippen LogP contribution >= 0.6 is 0 Å². The molecule has 1 unspecified atom stereocenters. The van der Waals surface area contributed by atoms with E-state index in [4.69, 9.17) is 10.2 Å². The van der Waals surface area contributed by atoms with Crippen LogP contribution in [0.5, 0.6) is 0 Å². The first-order valence-corrected chi connectivity index (χ1v) is 7.54. The van der Waals surface area contributed by atoms with Crippen LogP contribution < -0.4 is 5.32 Å². The molecule has 0 aliphatic heterocycles. The number of unbranched alkanes of at least 4 members (excludes halogenated alkanes) is 4. The summed E-state index contributed by atoms with van der Waals surface area (Å²) in [5.41, 5.74) is 0. The predicted octanol–water partition coefficient (Wildman–Crippen LogP) is 2.72. The lowest BCUT2D eigenvalue weighted by atomic mass is 10.1. The van der Waals surface area contributed by atoms with E-state index in [1.807, 2.05) is 6.92 Å². The van der Waals surface area contributed by atoms with Crippen LogP contribution in [0.15, 0.2) is 0 Å². The Morgan fingerprint density at radius 2 is 1.75 bits per heavy atom. The highest BCUT2D eigenvalue weighted by molar-refractivity contribution is 5.72. The van der Waals surface area contributed by atoms with Crippen LogP contribution in [0.25, 0.3) is 0 Å². The Kier molecular flexibility index (Phi) is 16.9. The molecule has 0 saturated heterocycles. The summed E-state index contributed by atoms with van der Waals surface area (Å²) >= 11 is 0. The molecule has 1 atom stereocenters. The minimum atomic E-state index is -0.755. The fraction of sp³-hybridized carbons (Fsp3) is 0.867. The second-order valence-corrected chi connectivity index (χ2v) is 5.03. The molecule has 0 aliphatic carbocycles. The van der Waals surface area contributed by atoms with Crippen molar-refractivity contribution in [3.8, 4) is 0 Å². The van der Waals surface area contributed by atoms with Crippen LogP contribution in [-0.4, -0.2) is 34.7 Å². The van der Waals surface area contributed by atoms with Crippen molar-refractivity contribution >= 4 is 11.9 Å². The zero-order valence-corrected chi connectivity index (χ0v) is 13.2. The summed E-state index contributed by atoms with van der Waals surface area (Å²) in [5.74, 6) is -0.789. The van der Waals surface area contributed by atoms with Gasteiger partial charge < -0.3 is 15.5 Å². The highest BCUT2D eigenvalue weighted by atomic mass is 16.4. The van der Waals surface area contributed by atoms with E-state index in [1.165, 1.54) is 26.2 Å². The minimum absolute atomic E-state index is 0.0340. The van der Waals surface area contributed by atoms with Gasteiger partial charge in [-0.1, -0.05) is 32.6 Å². The lowest BCUT2D eigenvalue weighted by molar-refractivity contribution is -0.137. The van der Waals surface area contributed by atoms with E-state index in [9.17, 15) is 9.59 Å². The van der Waals surface area contributed by atoms with Gasteiger partial charge in [0.25, 0.3) is 0 Å². The molecule has 0 fully saturated rings. The molecule has 0 saturated carbocycles. The van der Waals surface area contributed by atoms with Gasteiger partial charge in [0.05, 0.1) is 6.10 Å². The summed E-state index contributed by atoms with van der Waals surface area (Å²) in [7, 11) is 0. The zero-order chi connectivity index (χ0) is 15.8. The lowest BCUT2D eigenvalue weighted by Gasteiger charge is -2.00. The number of rotatable bonds is 10. The van der Waals surface area contributed by atoms with E-state index in [1.54, 1.807) is 0 Å². The third-order valence-corrected chi connectivity index (χ3v) is 2.67. The maximum absolute atomic E-state index is 10.4. The molecule has 1 amide bonds. The SMILES string of the molecule is CC(=O)NCCCCCC(=O)O.CCCCCC(C)O. The first-order valence-electron chi connectivity index (χ1n) is 7.54. The van der Waals surface area contributed by atoms with E-state index in [2.05, 4.69) is 12.2 Å². The van der Waals surface area contributed by atoms with Gasteiger partial charge in [-0.05, 0) is 26.2 Å². The largest absolute Gasteiger partial charge is 0.481 e. The summed E-state index contributed by atoms with van der Waals surface area (Å²) in [6.45, 7) is 6.13. The Morgan fingerprint density at radius 3 is 2.20 bits per heavy atom. The Balaban J connectivity index is 0. The standard InChI is InChI=1S/C8H15NO3.C7H16O/c1-7(10)9-6-4-2-3-5-8(11)12;1-3-4-5-6-7(2)8/h2-6H2,1H3,(H,9,10)(H,11,12);7-8H,3-6H2,1-2H3. The van der Waals surface area contributed by atoms with Crippen LogP contribution in [0.2, 0.25) is 0 Å². The van der Waals surface area contributed by atoms with Crippen molar-refractivity contribution in [1.29, 1.82) is 0 Å². The number of carbonyl (C=O) groups excluding carboxylic acids is 1. The molecule has 0 aliphatic rings. The van der Waals surface area contributed by atoms with Crippen molar-refractivity contribution in [2.75, 3.05) is 6.54 Å². The first kappa shape index (κ1) is 21.2. The van der Waals surface area contributed by atoms with Gasteiger partial charge in [-0.25, -0.2) is 0 Å². The maximum atomic E-state index is 10.4. The molecule has 20 heavy (non-hydrogen) atoms. The minimum Gasteiger partial charge on any atom is -0.481 e. The molecule has 0 bridgehead atoms. The molecule has 0 aromatic heterocycles. The summed E-state index contributed by atoms with van der Waals surface area (Å²) in [4.78, 5) is 20.4. The summed E-state index contributed by atoms with van der Waals surface area (Å²) in [5, 5.41) is 19.7. The molecule has 0 rings (SSSR count). The van der Waals surface area contributed by atoms with Crippen LogP contribution in [0.1, 0.15) is 72.1 Å². The molecule has 0 aromatic carbocycles. The lowest BCUT2D eigenvalue weighted by Crippen LogP contribution is -2.20. The van der Waals surface area contributed by atoms with Gasteiger partial charge in [-0.15, -0.1) is 0 Å². The van der Waals surface area contributed by atoms with Crippen molar-refractivity contribution in [2.24, 2.45) is 0 Å². The number of hydrogen-bond acceptors (Lipinski definition) is 3. The number of carboxylic acid groups (broad SMARTS) is 1. The van der Waals surface area contributed by atoms with Crippen LogP contribution in [0.3, 0.4) is 0 Å². The van der Waals surface area contributed by atoms with Crippen molar-refractivity contribution in [1.82, 2.24) is 5.32 Å². The molecule has 0 radical (unpaired) electrons. The van der Waals surface area contributed by atoms with Crippen molar-refractivity contribution < 1.29 is 19.8 Å². The fourth-order valence-electron chi connectivity index (χ4n) is 1.53. The van der Waals surface area contributed by atoms with Gasteiger partial charge in [0.2, 0.25) is 5.91 Å². The molecular formula is C15H31NO4. The second kappa shape index (κ2) is 16.0. The predicted molar refractivity (Wildman–Crippen MR) is 80.6 cm³/mol.